The van der Waals surface area contributed by atoms with E-state index in [1.54, 1.807) is 0 Å². The van der Waals surface area contributed by atoms with Gasteiger partial charge in [-0.05, 0) is 43.4 Å². The molecule has 0 unspecified atom stereocenters. The highest BCUT2D eigenvalue weighted by Crippen LogP contribution is 2.68. The van der Waals surface area contributed by atoms with Crippen molar-refractivity contribution in [2.24, 2.45) is 28.6 Å². The van der Waals surface area contributed by atoms with E-state index >= 15 is 0 Å². The molecule has 3 heteroatoms. The first-order valence-corrected chi connectivity index (χ1v) is 7.14. The van der Waals surface area contributed by atoms with Crippen LogP contribution in [0.1, 0.15) is 40.0 Å². The average Bonchev–Trinajstić information content (AvgIpc) is 2.36. The highest BCUT2D eigenvalue weighted by molar-refractivity contribution is 6.07. The maximum atomic E-state index is 12.9. The maximum absolute atomic E-state index is 12.9. The number of hydrogen-bond acceptors (Lipinski definition) is 3. The Morgan fingerprint density at radius 2 is 2.05 bits per heavy atom. The van der Waals surface area contributed by atoms with Crippen LogP contribution in [-0.2, 0) is 14.3 Å². The Hall–Kier alpha value is -1.12. The summed E-state index contributed by atoms with van der Waals surface area (Å²) in [6.45, 7) is 6.46. The second-order valence-electron chi connectivity index (χ2n) is 7.11. The van der Waals surface area contributed by atoms with Gasteiger partial charge in [0.15, 0.2) is 5.78 Å². The molecule has 4 aliphatic rings. The fourth-order valence-electron chi connectivity index (χ4n) is 4.78. The van der Waals surface area contributed by atoms with E-state index in [-0.39, 0.29) is 29.0 Å². The molecular formula is C16H22O3. The van der Waals surface area contributed by atoms with Crippen LogP contribution in [0.5, 0.6) is 0 Å². The average molecular weight is 262 g/mol. The van der Waals surface area contributed by atoms with Crippen LogP contribution in [0.4, 0.5) is 0 Å². The predicted octanol–water partition coefficient (Wildman–Crippen LogP) is 2.75. The minimum absolute atomic E-state index is 0.0413. The van der Waals surface area contributed by atoms with Crippen LogP contribution in [0.3, 0.4) is 0 Å². The van der Waals surface area contributed by atoms with Crippen molar-refractivity contribution in [3.63, 3.8) is 0 Å². The molecule has 0 N–H and O–H groups in total. The van der Waals surface area contributed by atoms with Crippen LogP contribution in [0.25, 0.3) is 0 Å². The van der Waals surface area contributed by atoms with E-state index in [4.69, 9.17) is 4.74 Å². The summed E-state index contributed by atoms with van der Waals surface area (Å²) in [4.78, 5) is 25.3. The lowest BCUT2D eigenvalue weighted by Gasteiger charge is -2.65. The number of methoxy groups -OCH3 is 1. The van der Waals surface area contributed by atoms with Gasteiger partial charge in [-0.1, -0.05) is 25.5 Å². The van der Waals surface area contributed by atoms with Crippen LogP contribution in [-0.4, -0.2) is 18.9 Å². The molecule has 104 valence electrons. The molecule has 4 rings (SSSR count). The topological polar surface area (TPSA) is 43.4 Å². The fraction of sp³-hybridized carbons (Fsp3) is 0.750. The number of rotatable bonds is 1. The molecule has 0 aliphatic heterocycles. The van der Waals surface area contributed by atoms with E-state index < -0.39 is 5.41 Å². The molecule has 0 aromatic carbocycles. The minimum atomic E-state index is -0.878. The Labute approximate surface area is 114 Å². The second-order valence-corrected chi connectivity index (χ2v) is 7.11. The smallest absolute Gasteiger partial charge is 0.319 e. The predicted molar refractivity (Wildman–Crippen MR) is 71.3 cm³/mol. The van der Waals surface area contributed by atoms with E-state index in [2.05, 4.69) is 26.8 Å². The molecular weight excluding hydrogens is 240 g/mol. The van der Waals surface area contributed by atoms with E-state index in [1.807, 2.05) is 0 Å². The van der Waals surface area contributed by atoms with Gasteiger partial charge in [0.1, 0.15) is 5.41 Å². The molecule has 3 fully saturated rings. The van der Waals surface area contributed by atoms with Crippen molar-refractivity contribution in [2.45, 2.75) is 40.0 Å². The molecule has 0 amide bonds. The Bertz CT molecular complexity index is 488. The van der Waals surface area contributed by atoms with Crippen molar-refractivity contribution in [1.82, 2.24) is 0 Å². The number of carbonyl (C=O) groups excluding carboxylic acids is 2. The van der Waals surface area contributed by atoms with Crippen LogP contribution in [0.15, 0.2) is 11.6 Å². The SMILES string of the molecule is COC(=O)[C@]12CC=C(C)C[C@H]1[C@H]1C[C@@H](C2=O)C1(C)C. The van der Waals surface area contributed by atoms with E-state index in [0.717, 1.165) is 12.8 Å². The molecule has 0 heterocycles. The molecule has 19 heavy (non-hydrogen) atoms. The number of ketones is 1. The number of hydrogen-bond donors (Lipinski definition) is 0. The largest absolute Gasteiger partial charge is 0.468 e. The van der Waals surface area contributed by atoms with Gasteiger partial charge in [-0.25, -0.2) is 0 Å². The monoisotopic (exact) mass is 262 g/mol. The molecule has 4 aliphatic carbocycles. The zero-order valence-electron chi connectivity index (χ0n) is 12.2. The Balaban J connectivity index is 2.10. The lowest BCUT2D eigenvalue weighted by atomic mass is 9.37. The summed E-state index contributed by atoms with van der Waals surface area (Å²) in [7, 11) is 1.40. The van der Waals surface area contributed by atoms with Gasteiger partial charge in [-0.3, -0.25) is 9.59 Å². The van der Waals surface area contributed by atoms with Gasteiger partial charge < -0.3 is 4.74 Å². The second kappa shape index (κ2) is 3.71. The first kappa shape index (κ1) is 12.9. The summed E-state index contributed by atoms with van der Waals surface area (Å²) in [6.07, 6.45) is 4.42. The third-order valence-corrected chi connectivity index (χ3v) is 6.08. The van der Waals surface area contributed by atoms with Gasteiger partial charge in [0.25, 0.3) is 0 Å². The van der Waals surface area contributed by atoms with E-state index in [1.165, 1.54) is 12.7 Å². The van der Waals surface area contributed by atoms with Crippen LogP contribution in [0.2, 0.25) is 0 Å². The molecule has 0 spiro atoms. The van der Waals surface area contributed by atoms with Crippen molar-refractivity contribution >= 4 is 11.8 Å². The molecule has 4 atom stereocenters. The Morgan fingerprint density at radius 1 is 1.37 bits per heavy atom. The quantitative estimate of drug-likeness (QED) is 0.414. The highest BCUT2D eigenvalue weighted by atomic mass is 16.5. The van der Waals surface area contributed by atoms with Crippen LogP contribution in [0, 0.1) is 28.6 Å². The van der Waals surface area contributed by atoms with Crippen molar-refractivity contribution in [3.05, 3.63) is 11.6 Å². The summed E-state index contributed by atoms with van der Waals surface area (Å²) in [6, 6.07) is 0. The number of esters is 1. The molecule has 3 saturated carbocycles. The molecule has 0 aromatic heterocycles. The summed E-state index contributed by atoms with van der Waals surface area (Å²) in [5, 5.41) is 0. The first-order chi connectivity index (χ1) is 8.85. The van der Waals surface area contributed by atoms with Gasteiger partial charge in [0.05, 0.1) is 7.11 Å². The zero-order valence-corrected chi connectivity index (χ0v) is 12.2. The summed E-state index contributed by atoms with van der Waals surface area (Å²) in [5.74, 6) is 0.479. The maximum Gasteiger partial charge on any atom is 0.319 e. The normalized spacial score (nSPS) is 42.8. The van der Waals surface area contributed by atoms with E-state index in [9.17, 15) is 9.59 Å². The molecule has 0 saturated heterocycles. The third-order valence-electron chi connectivity index (χ3n) is 6.08. The van der Waals surface area contributed by atoms with Crippen molar-refractivity contribution < 1.29 is 14.3 Å². The van der Waals surface area contributed by atoms with Gasteiger partial charge in [0, 0.05) is 5.92 Å². The molecule has 0 radical (unpaired) electrons. The summed E-state index contributed by atoms with van der Waals surface area (Å²) in [5.41, 5.74) is 0.479. The number of carbonyl (C=O) groups is 2. The molecule has 2 bridgehead atoms. The number of ether oxygens (including phenoxy) is 1. The van der Waals surface area contributed by atoms with E-state index in [0.29, 0.717) is 12.3 Å². The van der Waals surface area contributed by atoms with Crippen LogP contribution < -0.4 is 0 Å². The van der Waals surface area contributed by atoms with Crippen molar-refractivity contribution in [2.75, 3.05) is 7.11 Å². The zero-order chi connectivity index (χ0) is 14.0. The summed E-state index contributed by atoms with van der Waals surface area (Å²) < 4.78 is 5.00. The van der Waals surface area contributed by atoms with Crippen molar-refractivity contribution in [1.29, 1.82) is 0 Å². The molecule has 3 nitrogen and oxygen atoms in total. The number of Topliss-reactive ketones (excluding diaryl/α,β-unsaturated/α-hetero) is 1. The fourth-order valence-corrected chi connectivity index (χ4v) is 4.78. The Morgan fingerprint density at radius 3 is 2.63 bits per heavy atom. The minimum Gasteiger partial charge on any atom is -0.468 e. The van der Waals surface area contributed by atoms with Gasteiger partial charge in [-0.15, -0.1) is 0 Å². The lowest BCUT2D eigenvalue weighted by molar-refractivity contribution is -0.200. The molecule has 0 aromatic rings. The first-order valence-electron chi connectivity index (χ1n) is 7.14. The van der Waals surface area contributed by atoms with Crippen LogP contribution >= 0.6 is 0 Å². The third kappa shape index (κ3) is 1.34. The van der Waals surface area contributed by atoms with Gasteiger partial charge in [0.2, 0.25) is 0 Å². The standard InChI is InChI=1S/C16H22O3/c1-9-5-6-16(14(18)19-4)11(7-9)10-8-12(13(16)17)15(10,2)3/h5,10-12H,6-8H2,1-4H3/t10-,11+,12+,16-/m1/s1. The number of allylic oxidation sites excluding steroid dienone is 2. The van der Waals surface area contributed by atoms with Gasteiger partial charge in [-0.2, -0.15) is 0 Å². The lowest BCUT2D eigenvalue weighted by Crippen LogP contribution is -2.68. The highest BCUT2D eigenvalue weighted by Gasteiger charge is 2.71. The van der Waals surface area contributed by atoms with Gasteiger partial charge >= 0.3 is 5.97 Å². The Kier molecular flexibility index (Phi) is 2.52. The summed E-state index contributed by atoms with van der Waals surface area (Å²) >= 11 is 0. The van der Waals surface area contributed by atoms with Crippen molar-refractivity contribution in [3.8, 4) is 0 Å².